The number of rotatable bonds is 1. The highest BCUT2D eigenvalue weighted by Crippen LogP contribution is 2.22. The van der Waals surface area contributed by atoms with E-state index in [4.69, 9.17) is 5.11 Å². The molecule has 0 aliphatic carbocycles. The highest BCUT2D eigenvalue weighted by Gasteiger charge is 2.13. The molecule has 0 fully saturated rings. The van der Waals surface area contributed by atoms with Gasteiger partial charge >= 0.3 is 0 Å². The van der Waals surface area contributed by atoms with E-state index in [1.54, 1.807) is 12.1 Å². The number of halogens is 1. The lowest BCUT2D eigenvalue weighted by Crippen LogP contribution is -2.11. The van der Waals surface area contributed by atoms with Gasteiger partial charge in [-0.1, -0.05) is 0 Å². The molecule has 0 bridgehead atoms. The fraction of sp³-hybridized carbons (Fsp3) is 0.222. The summed E-state index contributed by atoms with van der Waals surface area (Å²) in [6, 6.07) is 7.03. The summed E-state index contributed by atoms with van der Waals surface area (Å²) in [5.74, 6) is 0.283. The Kier molecular flexibility index (Phi) is 2.22. The Labute approximate surface area is 84.8 Å². The van der Waals surface area contributed by atoms with Crippen LogP contribution in [-0.2, 0) is 0 Å². The molecule has 0 radical (unpaired) electrons. The second-order valence-electron chi connectivity index (χ2n) is 2.87. The van der Waals surface area contributed by atoms with Crippen molar-refractivity contribution < 1.29 is 5.11 Å². The van der Waals surface area contributed by atoms with E-state index in [9.17, 15) is 0 Å². The number of aromatic hydroxyl groups is 1. The van der Waals surface area contributed by atoms with Crippen LogP contribution < -0.4 is 5.01 Å². The predicted molar refractivity (Wildman–Crippen MR) is 56.4 cm³/mol. The first kappa shape index (κ1) is 8.56. The molecular formula is C9H9BrN2O. The summed E-state index contributed by atoms with van der Waals surface area (Å²) in [7, 11) is 0. The summed E-state index contributed by atoms with van der Waals surface area (Å²) >= 11 is 3.35. The van der Waals surface area contributed by atoms with Crippen LogP contribution in [0.15, 0.2) is 29.4 Å². The van der Waals surface area contributed by atoms with Crippen LogP contribution in [0.2, 0.25) is 0 Å². The number of hydrazone groups is 1. The molecule has 0 atom stereocenters. The molecule has 3 nitrogen and oxygen atoms in total. The minimum atomic E-state index is 0.283. The van der Waals surface area contributed by atoms with Crippen molar-refractivity contribution in [1.29, 1.82) is 0 Å². The maximum absolute atomic E-state index is 9.09. The largest absolute Gasteiger partial charge is 0.508 e. The van der Waals surface area contributed by atoms with Gasteiger partial charge in [0.15, 0.2) is 0 Å². The first-order valence-corrected chi connectivity index (χ1v) is 4.84. The minimum Gasteiger partial charge on any atom is -0.508 e. The SMILES string of the molecule is Oc1ccc(N2CCC(Br)=N2)cc1. The molecule has 0 spiro atoms. The van der Waals surface area contributed by atoms with Gasteiger partial charge in [-0.25, -0.2) is 0 Å². The lowest BCUT2D eigenvalue weighted by molar-refractivity contribution is 0.475. The summed E-state index contributed by atoms with van der Waals surface area (Å²) in [4.78, 5) is 0. The van der Waals surface area contributed by atoms with E-state index in [2.05, 4.69) is 21.0 Å². The smallest absolute Gasteiger partial charge is 0.115 e. The van der Waals surface area contributed by atoms with Crippen LogP contribution in [0.4, 0.5) is 5.69 Å². The Balaban J connectivity index is 2.22. The first-order chi connectivity index (χ1) is 6.25. The monoisotopic (exact) mass is 240 g/mol. The van der Waals surface area contributed by atoms with Crippen molar-refractivity contribution in [3.05, 3.63) is 24.3 Å². The quantitative estimate of drug-likeness (QED) is 0.818. The van der Waals surface area contributed by atoms with E-state index in [1.165, 1.54) is 0 Å². The zero-order chi connectivity index (χ0) is 9.26. The molecule has 13 heavy (non-hydrogen) atoms. The third-order valence-electron chi connectivity index (χ3n) is 1.91. The van der Waals surface area contributed by atoms with E-state index in [-0.39, 0.29) is 5.75 Å². The van der Waals surface area contributed by atoms with E-state index in [1.807, 2.05) is 17.1 Å². The second-order valence-corrected chi connectivity index (χ2v) is 3.78. The van der Waals surface area contributed by atoms with Crippen LogP contribution in [-0.4, -0.2) is 16.3 Å². The van der Waals surface area contributed by atoms with Gasteiger partial charge in [-0.2, -0.15) is 5.10 Å². The van der Waals surface area contributed by atoms with Crippen LogP contribution in [0.5, 0.6) is 5.75 Å². The van der Waals surface area contributed by atoms with E-state index in [0.29, 0.717) is 0 Å². The Morgan fingerprint density at radius 1 is 1.31 bits per heavy atom. The third-order valence-corrected chi connectivity index (χ3v) is 2.46. The summed E-state index contributed by atoms with van der Waals surface area (Å²) in [6.45, 7) is 0.894. The molecule has 1 N–H and O–H groups in total. The molecule has 0 saturated heterocycles. The summed E-state index contributed by atoms with van der Waals surface area (Å²) < 4.78 is 0.973. The molecule has 1 aliphatic heterocycles. The van der Waals surface area contributed by atoms with Crippen molar-refractivity contribution in [2.24, 2.45) is 5.10 Å². The van der Waals surface area contributed by atoms with Gasteiger partial charge in [0.2, 0.25) is 0 Å². The predicted octanol–water partition coefficient (Wildman–Crippen LogP) is 2.31. The summed E-state index contributed by atoms with van der Waals surface area (Å²) in [5, 5.41) is 15.3. The van der Waals surface area contributed by atoms with Gasteiger partial charge in [0.1, 0.15) is 10.4 Å². The molecule has 1 aromatic rings. The van der Waals surface area contributed by atoms with Gasteiger partial charge in [-0.15, -0.1) is 0 Å². The van der Waals surface area contributed by atoms with Crippen molar-refractivity contribution in [3.63, 3.8) is 0 Å². The Hall–Kier alpha value is -1.03. The van der Waals surface area contributed by atoms with Crippen molar-refractivity contribution in [1.82, 2.24) is 0 Å². The van der Waals surface area contributed by atoms with Gasteiger partial charge in [0.05, 0.1) is 5.69 Å². The Morgan fingerprint density at radius 2 is 2.00 bits per heavy atom. The molecular weight excluding hydrogens is 232 g/mol. The van der Waals surface area contributed by atoms with Gasteiger partial charge in [0, 0.05) is 13.0 Å². The van der Waals surface area contributed by atoms with Gasteiger partial charge < -0.3 is 5.11 Å². The van der Waals surface area contributed by atoms with Crippen LogP contribution in [0, 0.1) is 0 Å². The van der Waals surface area contributed by atoms with E-state index >= 15 is 0 Å². The van der Waals surface area contributed by atoms with Gasteiger partial charge in [-0.3, -0.25) is 5.01 Å². The average Bonchev–Trinajstić information content (AvgIpc) is 2.53. The maximum atomic E-state index is 9.09. The molecule has 1 heterocycles. The molecule has 0 aromatic heterocycles. The van der Waals surface area contributed by atoms with Gasteiger partial charge in [0.25, 0.3) is 0 Å². The zero-order valence-electron chi connectivity index (χ0n) is 6.94. The normalized spacial score (nSPS) is 16.1. The van der Waals surface area contributed by atoms with Crippen LogP contribution in [0.3, 0.4) is 0 Å². The maximum Gasteiger partial charge on any atom is 0.115 e. The second kappa shape index (κ2) is 3.38. The minimum absolute atomic E-state index is 0.283. The molecule has 0 amide bonds. The van der Waals surface area contributed by atoms with Gasteiger partial charge in [-0.05, 0) is 40.2 Å². The van der Waals surface area contributed by atoms with Crippen LogP contribution >= 0.6 is 15.9 Å². The van der Waals surface area contributed by atoms with Crippen LogP contribution in [0.25, 0.3) is 0 Å². The van der Waals surface area contributed by atoms with Crippen molar-refractivity contribution in [2.45, 2.75) is 6.42 Å². The molecule has 0 unspecified atom stereocenters. The number of phenols is 1. The lowest BCUT2D eigenvalue weighted by Gasteiger charge is -2.12. The highest BCUT2D eigenvalue weighted by molar-refractivity contribution is 9.18. The Morgan fingerprint density at radius 3 is 2.54 bits per heavy atom. The molecule has 0 saturated carbocycles. The van der Waals surface area contributed by atoms with Crippen molar-refractivity contribution in [3.8, 4) is 5.75 Å². The fourth-order valence-corrected chi connectivity index (χ4v) is 1.61. The molecule has 2 rings (SSSR count). The Bertz CT molecular complexity index is 334. The fourth-order valence-electron chi connectivity index (χ4n) is 1.24. The number of phenolic OH excluding ortho intramolecular Hbond substituents is 1. The van der Waals surface area contributed by atoms with E-state index < -0.39 is 0 Å². The number of hydrogen-bond donors (Lipinski definition) is 1. The average molecular weight is 241 g/mol. The number of hydrogen-bond acceptors (Lipinski definition) is 3. The molecule has 68 valence electrons. The standard InChI is InChI=1S/C9H9BrN2O/c10-9-5-6-12(11-9)7-1-3-8(13)4-2-7/h1-4,13H,5-6H2. The zero-order valence-corrected chi connectivity index (χ0v) is 8.53. The summed E-state index contributed by atoms with van der Waals surface area (Å²) in [5.41, 5.74) is 1.01. The number of nitrogens with zero attached hydrogens (tertiary/aromatic N) is 2. The molecule has 4 heteroatoms. The third kappa shape index (κ3) is 1.83. The lowest BCUT2D eigenvalue weighted by atomic mass is 10.3. The highest BCUT2D eigenvalue weighted by atomic mass is 79.9. The van der Waals surface area contributed by atoms with Crippen molar-refractivity contribution >= 4 is 26.2 Å². The van der Waals surface area contributed by atoms with Crippen molar-refractivity contribution in [2.75, 3.05) is 11.6 Å². The first-order valence-electron chi connectivity index (χ1n) is 4.05. The number of anilines is 1. The number of benzene rings is 1. The summed E-state index contributed by atoms with van der Waals surface area (Å²) in [6.07, 6.45) is 0.945. The molecule has 1 aliphatic rings. The van der Waals surface area contributed by atoms with Crippen LogP contribution in [0.1, 0.15) is 6.42 Å². The van der Waals surface area contributed by atoms with E-state index in [0.717, 1.165) is 23.3 Å². The molecule has 1 aromatic carbocycles. The topological polar surface area (TPSA) is 35.8 Å².